The van der Waals surface area contributed by atoms with Crippen molar-refractivity contribution in [2.75, 3.05) is 44.8 Å². The molecule has 84 valence electrons. The van der Waals surface area contributed by atoms with Crippen molar-refractivity contribution in [1.82, 2.24) is 4.90 Å². The van der Waals surface area contributed by atoms with E-state index in [9.17, 15) is 0 Å². The Morgan fingerprint density at radius 2 is 2.43 bits per heavy atom. The number of rotatable bonds is 6. The lowest BCUT2D eigenvalue weighted by molar-refractivity contribution is -0.0176. The van der Waals surface area contributed by atoms with Crippen LogP contribution in [0.1, 0.15) is 13.3 Å². The van der Waals surface area contributed by atoms with E-state index in [2.05, 4.69) is 20.8 Å². The third kappa shape index (κ3) is 4.73. The summed E-state index contributed by atoms with van der Waals surface area (Å²) < 4.78 is 10.9. The highest BCUT2D eigenvalue weighted by molar-refractivity contribution is 9.09. The minimum absolute atomic E-state index is 0.371. The van der Waals surface area contributed by atoms with Crippen molar-refractivity contribution in [3.05, 3.63) is 0 Å². The highest BCUT2D eigenvalue weighted by Gasteiger charge is 2.18. The largest absolute Gasteiger partial charge is 0.382 e. The average molecular weight is 266 g/mol. The first-order valence-electron chi connectivity index (χ1n) is 5.34. The molecule has 0 bridgehead atoms. The molecule has 14 heavy (non-hydrogen) atoms. The van der Waals surface area contributed by atoms with Gasteiger partial charge in [0, 0.05) is 38.2 Å². The summed E-state index contributed by atoms with van der Waals surface area (Å²) in [6.07, 6.45) is 1.50. The number of ether oxygens (including phenoxy) is 2. The average Bonchev–Trinajstić information content (AvgIpc) is 2.25. The van der Waals surface area contributed by atoms with E-state index in [1.54, 1.807) is 0 Å². The van der Waals surface area contributed by atoms with E-state index in [4.69, 9.17) is 9.47 Å². The molecule has 0 spiro atoms. The number of hydrogen-bond donors (Lipinski definition) is 0. The summed E-state index contributed by atoms with van der Waals surface area (Å²) in [6.45, 7) is 7.86. The van der Waals surface area contributed by atoms with Crippen LogP contribution in [0.15, 0.2) is 0 Å². The molecule has 1 unspecified atom stereocenters. The first kappa shape index (κ1) is 12.4. The van der Waals surface area contributed by atoms with Gasteiger partial charge in [0.05, 0.1) is 12.7 Å². The Morgan fingerprint density at radius 1 is 1.57 bits per heavy atom. The molecule has 4 heteroatoms. The Balaban J connectivity index is 2.05. The second-order valence-corrected chi connectivity index (χ2v) is 4.15. The van der Waals surface area contributed by atoms with Gasteiger partial charge >= 0.3 is 0 Å². The zero-order valence-corrected chi connectivity index (χ0v) is 10.5. The van der Waals surface area contributed by atoms with Gasteiger partial charge in [-0.05, 0) is 13.3 Å². The maximum Gasteiger partial charge on any atom is 0.0799 e. The minimum atomic E-state index is 0.371. The third-order valence-corrected chi connectivity index (χ3v) is 3.08. The highest BCUT2D eigenvalue weighted by atomic mass is 79.9. The molecular formula is C10H20BrNO2. The molecule has 1 aliphatic rings. The molecule has 0 aromatic carbocycles. The van der Waals surface area contributed by atoms with Crippen LogP contribution in [-0.4, -0.2) is 55.8 Å². The number of halogens is 1. The van der Waals surface area contributed by atoms with Crippen LogP contribution in [0.5, 0.6) is 0 Å². The van der Waals surface area contributed by atoms with Crippen LogP contribution in [0.25, 0.3) is 0 Å². The Hall–Kier alpha value is 0.360. The molecule has 0 amide bonds. The summed E-state index contributed by atoms with van der Waals surface area (Å²) >= 11 is 3.46. The molecule has 0 aliphatic carbocycles. The van der Waals surface area contributed by atoms with Crippen LogP contribution < -0.4 is 0 Å². The lowest BCUT2D eigenvalue weighted by Crippen LogP contribution is -2.43. The molecule has 1 atom stereocenters. The Morgan fingerprint density at radius 3 is 3.14 bits per heavy atom. The molecule has 0 aromatic heterocycles. The molecular weight excluding hydrogens is 246 g/mol. The Labute approximate surface area is 94.9 Å². The molecule has 0 N–H and O–H groups in total. The second-order valence-electron chi connectivity index (χ2n) is 3.50. The smallest absolute Gasteiger partial charge is 0.0799 e. The Bertz CT molecular complexity index is 146. The Kier molecular flexibility index (Phi) is 6.77. The number of alkyl halides is 1. The van der Waals surface area contributed by atoms with Crippen molar-refractivity contribution in [1.29, 1.82) is 0 Å². The van der Waals surface area contributed by atoms with Crippen molar-refractivity contribution in [2.45, 2.75) is 19.4 Å². The molecule has 1 aliphatic heterocycles. The number of morpholine rings is 1. The minimum Gasteiger partial charge on any atom is -0.382 e. The first-order valence-corrected chi connectivity index (χ1v) is 6.46. The highest BCUT2D eigenvalue weighted by Crippen LogP contribution is 2.07. The summed E-state index contributed by atoms with van der Waals surface area (Å²) in [5.74, 6) is 0. The van der Waals surface area contributed by atoms with Gasteiger partial charge in [0.2, 0.25) is 0 Å². The number of hydrogen-bond acceptors (Lipinski definition) is 3. The maximum atomic E-state index is 5.57. The fraction of sp³-hybridized carbons (Fsp3) is 1.00. The van der Waals surface area contributed by atoms with Gasteiger partial charge in [0.1, 0.15) is 0 Å². The van der Waals surface area contributed by atoms with Gasteiger partial charge in [-0.2, -0.15) is 0 Å². The van der Waals surface area contributed by atoms with Crippen LogP contribution in [0.2, 0.25) is 0 Å². The van der Waals surface area contributed by atoms with Crippen LogP contribution in [0.4, 0.5) is 0 Å². The van der Waals surface area contributed by atoms with Gasteiger partial charge in [0.25, 0.3) is 0 Å². The molecule has 1 rings (SSSR count). The van der Waals surface area contributed by atoms with Crippen LogP contribution in [0.3, 0.4) is 0 Å². The predicted octanol–water partition coefficient (Wildman–Crippen LogP) is 1.51. The van der Waals surface area contributed by atoms with Crippen LogP contribution in [0, 0.1) is 0 Å². The van der Waals surface area contributed by atoms with E-state index in [0.717, 1.165) is 51.2 Å². The van der Waals surface area contributed by atoms with E-state index >= 15 is 0 Å². The van der Waals surface area contributed by atoms with Gasteiger partial charge in [-0.15, -0.1) is 0 Å². The van der Waals surface area contributed by atoms with E-state index in [0.29, 0.717) is 6.10 Å². The zero-order chi connectivity index (χ0) is 10.2. The summed E-state index contributed by atoms with van der Waals surface area (Å²) in [5, 5.41) is 0.939. The predicted molar refractivity (Wildman–Crippen MR) is 61.1 cm³/mol. The van der Waals surface area contributed by atoms with E-state index in [1.165, 1.54) is 0 Å². The zero-order valence-electron chi connectivity index (χ0n) is 8.88. The second kappa shape index (κ2) is 7.63. The maximum absolute atomic E-state index is 5.57. The fourth-order valence-electron chi connectivity index (χ4n) is 1.61. The van der Waals surface area contributed by atoms with Gasteiger partial charge in [-0.3, -0.25) is 4.90 Å². The molecule has 1 fully saturated rings. The quantitative estimate of drug-likeness (QED) is 0.537. The molecule has 0 aromatic rings. The fourth-order valence-corrected chi connectivity index (χ4v) is 2.00. The SMILES string of the molecule is CCOCCCN1CCOC(CBr)C1. The third-order valence-electron chi connectivity index (χ3n) is 2.36. The topological polar surface area (TPSA) is 21.7 Å². The monoisotopic (exact) mass is 265 g/mol. The molecule has 3 nitrogen and oxygen atoms in total. The summed E-state index contributed by atoms with van der Waals surface area (Å²) in [7, 11) is 0. The van der Waals surface area contributed by atoms with Crippen LogP contribution >= 0.6 is 15.9 Å². The first-order chi connectivity index (χ1) is 6.86. The lowest BCUT2D eigenvalue weighted by Gasteiger charge is -2.31. The summed E-state index contributed by atoms with van der Waals surface area (Å²) in [6, 6.07) is 0. The van der Waals surface area contributed by atoms with Gasteiger partial charge in [-0.25, -0.2) is 0 Å². The molecule has 0 radical (unpaired) electrons. The van der Waals surface area contributed by atoms with E-state index in [-0.39, 0.29) is 0 Å². The molecule has 1 saturated heterocycles. The molecule has 0 saturated carbocycles. The van der Waals surface area contributed by atoms with Crippen molar-refractivity contribution in [2.24, 2.45) is 0 Å². The van der Waals surface area contributed by atoms with Gasteiger partial charge in [-0.1, -0.05) is 15.9 Å². The van der Waals surface area contributed by atoms with Crippen molar-refractivity contribution < 1.29 is 9.47 Å². The lowest BCUT2D eigenvalue weighted by atomic mass is 10.3. The van der Waals surface area contributed by atoms with Crippen molar-refractivity contribution in [3.8, 4) is 0 Å². The number of nitrogens with zero attached hydrogens (tertiary/aromatic N) is 1. The normalized spacial score (nSPS) is 24.0. The van der Waals surface area contributed by atoms with Crippen molar-refractivity contribution in [3.63, 3.8) is 0 Å². The molecule has 1 heterocycles. The van der Waals surface area contributed by atoms with Crippen molar-refractivity contribution >= 4 is 15.9 Å². The van der Waals surface area contributed by atoms with Gasteiger partial charge in [0.15, 0.2) is 0 Å². The van der Waals surface area contributed by atoms with E-state index < -0.39 is 0 Å². The van der Waals surface area contributed by atoms with Gasteiger partial charge < -0.3 is 9.47 Å². The standard InChI is InChI=1S/C10H20BrNO2/c1-2-13-6-3-4-12-5-7-14-10(8-11)9-12/h10H,2-9H2,1H3. The summed E-state index contributed by atoms with van der Waals surface area (Å²) in [4.78, 5) is 2.45. The van der Waals surface area contributed by atoms with Crippen LogP contribution in [-0.2, 0) is 9.47 Å². The summed E-state index contributed by atoms with van der Waals surface area (Å²) in [5.41, 5.74) is 0. The van der Waals surface area contributed by atoms with E-state index in [1.807, 2.05) is 6.92 Å².